The van der Waals surface area contributed by atoms with Crippen LogP contribution in [0.5, 0.6) is 0 Å². The van der Waals surface area contributed by atoms with E-state index in [1.54, 1.807) is 0 Å². The van der Waals surface area contributed by atoms with Crippen LogP contribution in [0.3, 0.4) is 0 Å². The molecular formula is C24H34N2O4+2. The molecule has 0 amide bonds. The van der Waals surface area contributed by atoms with E-state index in [1.807, 2.05) is 60.7 Å². The third-order valence-electron chi connectivity index (χ3n) is 4.84. The standard InChI is InChI=1S/C24H32N2O4/c25-21(17-19-11-5-3-6-12-19)23(27)29-15-9-1-2-10-16-30-24(28)22(26)18-20-13-7-4-8-14-20/h3-8,11-14,21-22H,1-2,9-10,15-18,25-26H2/p+2. The molecule has 6 heteroatoms. The quantitative estimate of drug-likeness (QED) is 0.381. The van der Waals surface area contributed by atoms with Crippen LogP contribution in [0.15, 0.2) is 60.7 Å². The Balaban J connectivity index is 1.47. The molecule has 0 bridgehead atoms. The Hall–Kier alpha value is -2.70. The fourth-order valence-electron chi connectivity index (χ4n) is 3.10. The van der Waals surface area contributed by atoms with Gasteiger partial charge in [-0.15, -0.1) is 0 Å². The van der Waals surface area contributed by atoms with Gasteiger partial charge in [0, 0.05) is 12.8 Å². The average Bonchev–Trinajstić information content (AvgIpc) is 2.76. The number of rotatable bonds is 13. The van der Waals surface area contributed by atoms with E-state index >= 15 is 0 Å². The van der Waals surface area contributed by atoms with Crippen molar-refractivity contribution in [3.05, 3.63) is 71.8 Å². The molecule has 2 atom stereocenters. The molecule has 0 fully saturated rings. The molecule has 2 unspecified atom stereocenters. The van der Waals surface area contributed by atoms with Gasteiger partial charge in [0.25, 0.3) is 0 Å². The van der Waals surface area contributed by atoms with Crippen LogP contribution in [-0.4, -0.2) is 37.2 Å². The Bertz CT molecular complexity index is 687. The van der Waals surface area contributed by atoms with Gasteiger partial charge in [0.2, 0.25) is 0 Å². The molecule has 0 aromatic heterocycles. The van der Waals surface area contributed by atoms with E-state index < -0.39 is 12.1 Å². The minimum atomic E-state index is -0.390. The zero-order valence-corrected chi connectivity index (χ0v) is 17.6. The third kappa shape index (κ3) is 9.20. The molecule has 2 aromatic carbocycles. The van der Waals surface area contributed by atoms with Crippen LogP contribution >= 0.6 is 0 Å². The first-order chi connectivity index (χ1) is 14.6. The Kier molecular flexibility index (Phi) is 10.6. The van der Waals surface area contributed by atoms with Crippen molar-refractivity contribution in [1.29, 1.82) is 0 Å². The molecule has 0 aliphatic carbocycles. The second-order valence-corrected chi connectivity index (χ2v) is 7.52. The van der Waals surface area contributed by atoms with Crippen molar-refractivity contribution in [2.24, 2.45) is 0 Å². The molecule has 0 heterocycles. The van der Waals surface area contributed by atoms with E-state index in [1.165, 1.54) is 0 Å². The Morgan fingerprint density at radius 1 is 0.633 bits per heavy atom. The van der Waals surface area contributed by atoms with Gasteiger partial charge in [0.1, 0.15) is 0 Å². The Morgan fingerprint density at radius 3 is 1.37 bits per heavy atom. The van der Waals surface area contributed by atoms with Crippen LogP contribution in [0.1, 0.15) is 36.8 Å². The lowest BCUT2D eigenvalue weighted by molar-refractivity contribution is -0.408. The van der Waals surface area contributed by atoms with Gasteiger partial charge in [-0.2, -0.15) is 0 Å². The zero-order chi connectivity index (χ0) is 21.6. The lowest BCUT2D eigenvalue weighted by Gasteiger charge is -2.10. The number of carbonyl (C=O) groups excluding carboxylic acids is 2. The maximum Gasteiger partial charge on any atom is 0.365 e. The van der Waals surface area contributed by atoms with E-state index in [0.29, 0.717) is 26.1 Å². The summed E-state index contributed by atoms with van der Waals surface area (Å²) in [6, 6.07) is 18.8. The molecule has 2 rings (SSSR count). The first-order valence-corrected chi connectivity index (χ1v) is 10.6. The Morgan fingerprint density at radius 2 is 1.00 bits per heavy atom. The minimum Gasteiger partial charge on any atom is -0.461 e. The SMILES string of the molecule is [NH3+]C(Cc1ccccc1)C(=O)OCCCCCCOC(=O)C([NH3+])Cc1ccccc1. The molecule has 2 aromatic rings. The van der Waals surface area contributed by atoms with E-state index in [9.17, 15) is 9.59 Å². The third-order valence-corrected chi connectivity index (χ3v) is 4.84. The maximum absolute atomic E-state index is 12.0. The van der Waals surface area contributed by atoms with Gasteiger partial charge in [-0.1, -0.05) is 60.7 Å². The average molecular weight is 415 g/mol. The fourth-order valence-corrected chi connectivity index (χ4v) is 3.10. The normalized spacial score (nSPS) is 12.7. The van der Waals surface area contributed by atoms with Crippen molar-refractivity contribution in [2.45, 2.75) is 50.6 Å². The molecule has 6 N–H and O–H groups in total. The van der Waals surface area contributed by atoms with Crippen molar-refractivity contribution in [2.75, 3.05) is 13.2 Å². The maximum atomic E-state index is 12.0. The van der Waals surface area contributed by atoms with Gasteiger partial charge >= 0.3 is 11.9 Å². The van der Waals surface area contributed by atoms with Gasteiger partial charge in [0.05, 0.1) is 13.2 Å². The molecule has 0 aliphatic rings. The van der Waals surface area contributed by atoms with Crippen molar-refractivity contribution >= 4 is 11.9 Å². The molecule has 6 nitrogen and oxygen atoms in total. The summed E-state index contributed by atoms with van der Waals surface area (Å²) in [6.07, 6.45) is 4.60. The van der Waals surface area contributed by atoms with Crippen LogP contribution in [0.4, 0.5) is 0 Å². The number of carbonyl (C=O) groups is 2. The second kappa shape index (κ2) is 13.5. The highest BCUT2D eigenvalue weighted by Crippen LogP contribution is 2.05. The van der Waals surface area contributed by atoms with Crippen LogP contribution in [0, 0.1) is 0 Å². The van der Waals surface area contributed by atoms with Crippen molar-refractivity contribution in [3.63, 3.8) is 0 Å². The minimum absolute atomic E-state index is 0.257. The number of quaternary nitrogens is 2. The van der Waals surface area contributed by atoms with E-state index in [2.05, 4.69) is 11.5 Å². The van der Waals surface area contributed by atoms with E-state index in [-0.39, 0.29) is 11.9 Å². The van der Waals surface area contributed by atoms with Crippen molar-refractivity contribution in [1.82, 2.24) is 0 Å². The molecular weight excluding hydrogens is 380 g/mol. The van der Waals surface area contributed by atoms with E-state index in [0.717, 1.165) is 36.8 Å². The molecule has 0 radical (unpaired) electrons. The molecule has 0 saturated carbocycles. The molecule has 0 aliphatic heterocycles. The summed E-state index contributed by atoms with van der Waals surface area (Å²) in [6.45, 7) is 0.801. The number of esters is 2. The van der Waals surface area contributed by atoms with Gasteiger partial charge in [-0.3, -0.25) is 0 Å². The molecule has 0 saturated heterocycles. The largest absolute Gasteiger partial charge is 0.461 e. The highest BCUT2D eigenvalue weighted by Gasteiger charge is 2.20. The predicted octanol–water partition coefficient (Wildman–Crippen LogP) is 1.34. The van der Waals surface area contributed by atoms with Crippen molar-refractivity contribution in [3.8, 4) is 0 Å². The summed E-state index contributed by atoms with van der Waals surface area (Å²) >= 11 is 0. The van der Waals surface area contributed by atoms with Crippen LogP contribution < -0.4 is 11.5 Å². The smallest absolute Gasteiger partial charge is 0.365 e. The Labute approximate surface area is 178 Å². The summed E-state index contributed by atoms with van der Waals surface area (Å²) < 4.78 is 10.6. The van der Waals surface area contributed by atoms with Gasteiger partial charge in [-0.05, 0) is 36.8 Å². The first kappa shape index (κ1) is 23.6. The molecule has 30 heavy (non-hydrogen) atoms. The summed E-state index contributed by atoms with van der Waals surface area (Å²) in [5.41, 5.74) is 9.96. The van der Waals surface area contributed by atoms with Crippen molar-refractivity contribution < 1.29 is 30.5 Å². The topological polar surface area (TPSA) is 108 Å². The number of hydrogen-bond acceptors (Lipinski definition) is 4. The number of hydrogen-bond donors (Lipinski definition) is 2. The lowest BCUT2D eigenvalue weighted by atomic mass is 10.1. The molecule has 0 spiro atoms. The first-order valence-electron chi connectivity index (χ1n) is 10.6. The lowest BCUT2D eigenvalue weighted by Crippen LogP contribution is -2.66. The monoisotopic (exact) mass is 414 g/mol. The highest BCUT2D eigenvalue weighted by atomic mass is 16.5. The summed E-state index contributed by atoms with van der Waals surface area (Å²) in [4.78, 5) is 24.0. The molecule has 162 valence electrons. The van der Waals surface area contributed by atoms with Crippen LogP contribution in [-0.2, 0) is 31.9 Å². The van der Waals surface area contributed by atoms with Crippen LogP contribution in [0.2, 0.25) is 0 Å². The van der Waals surface area contributed by atoms with E-state index in [4.69, 9.17) is 9.47 Å². The highest BCUT2D eigenvalue weighted by molar-refractivity contribution is 5.74. The summed E-state index contributed by atoms with van der Waals surface area (Å²) in [5, 5.41) is 0. The number of ether oxygens (including phenoxy) is 2. The predicted molar refractivity (Wildman–Crippen MR) is 114 cm³/mol. The summed E-state index contributed by atoms with van der Waals surface area (Å²) in [7, 11) is 0. The van der Waals surface area contributed by atoms with Gasteiger partial charge in [-0.25, -0.2) is 9.59 Å². The second-order valence-electron chi connectivity index (χ2n) is 7.52. The zero-order valence-electron chi connectivity index (χ0n) is 17.6. The van der Waals surface area contributed by atoms with Crippen LogP contribution in [0.25, 0.3) is 0 Å². The fraction of sp³-hybridized carbons (Fsp3) is 0.417. The number of benzene rings is 2. The number of unbranched alkanes of at least 4 members (excludes halogenated alkanes) is 3. The summed E-state index contributed by atoms with van der Waals surface area (Å²) in [5.74, 6) is -0.514. The van der Waals surface area contributed by atoms with Gasteiger partial charge < -0.3 is 20.9 Å². The van der Waals surface area contributed by atoms with Gasteiger partial charge in [0.15, 0.2) is 12.1 Å².